The molecule has 1 aliphatic rings. The number of nitrogens with one attached hydrogen (secondary N) is 1. The third-order valence-corrected chi connectivity index (χ3v) is 6.93. The fraction of sp³-hybridized carbons (Fsp3) is 0.143. The summed E-state index contributed by atoms with van der Waals surface area (Å²) in [5.74, 6) is -1.52. The van der Waals surface area contributed by atoms with Crippen LogP contribution in [0.3, 0.4) is 0 Å². The highest BCUT2D eigenvalue weighted by Gasteiger charge is 2.47. The van der Waals surface area contributed by atoms with E-state index in [1.165, 1.54) is 47.4 Å². The van der Waals surface area contributed by atoms with Gasteiger partial charge >= 0.3 is 0 Å². The van der Waals surface area contributed by atoms with E-state index in [1.807, 2.05) is 24.4 Å². The highest BCUT2D eigenvalue weighted by atomic mass is 35.5. The van der Waals surface area contributed by atoms with E-state index in [-0.39, 0.29) is 28.9 Å². The molecule has 1 atom stereocenters. The van der Waals surface area contributed by atoms with Crippen molar-refractivity contribution >= 4 is 45.6 Å². The van der Waals surface area contributed by atoms with E-state index in [0.717, 1.165) is 16.5 Å². The smallest absolute Gasteiger partial charge is 0.295 e. The predicted octanol–water partition coefficient (Wildman–Crippen LogP) is 5.40. The number of methoxy groups -OCH3 is 1. The number of H-pyrrole nitrogens is 1. The monoisotopic (exact) mass is 531 g/mol. The van der Waals surface area contributed by atoms with Crippen molar-refractivity contribution in [1.82, 2.24) is 9.88 Å². The Kier molecular flexibility index (Phi) is 6.61. The van der Waals surface area contributed by atoms with Gasteiger partial charge in [0.2, 0.25) is 0 Å². The molecule has 5 rings (SSSR count). The summed E-state index contributed by atoms with van der Waals surface area (Å²) >= 11 is 5.97. The van der Waals surface area contributed by atoms with Gasteiger partial charge in [0.15, 0.2) is 0 Å². The summed E-state index contributed by atoms with van der Waals surface area (Å²) in [5.41, 5.74) is 1.67. The summed E-state index contributed by atoms with van der Waals surface area (Å²) in [7, 11) is 1.57. The summed E-state index contributed by atoms with van der Waals surface area (Å²) in [6.07, 6.45) is 2.16. The molecule has 3 aromatic carbocycles. The number of likely N-dealkylation sites (tertiary alicyclic amines) is 1. The summed E-state index contributed by atoms with van der Waals surface area (Å²) in [5, 5.41) is 24.4. The quantitative estimate of drug-likeness (QED) is 0.108. The molecule has 1 amide bonds. The molecule has 1 aliphatic heterocycles. The Morgan fingerprint density at radius 3 is 2.58 bits per heavy atom. The Bertz CT molecular complexity index is 1610. The number of halogens is 1. The minimum absolute atomic E-state index is 0.0723. The Hall–Kier alpha value is -4.63. The molecule has 1 aromatic heterocycles. The first-order valence-corrected chi connectivity index (χ1v) is 12.1. The molecule has 2 heterocycles. The van der Waals surface area contributed by atoms with Gasteiger partial charge < -0.3 is 19.7 Å². The number of aromatic nitrogens is 1. The van der Waals surface area contributed by atoms with Crippen LogP contribution in [0.2, 0.25) is 5.02 Å². The van der Waals surface area contributed by atoms with Gasteiger partial charge in [0, 0.05) is 40.3 Å². The Balaban J connectivity index is 1.60. The molecule has 0 spiro atoms. The van der Waals surface area contributed by atoms with Crippen molar-refractivity contribution in [2.45, 2.75) is 12.5 Å². The van der Waals surface area contributed by atoms with E-state index in [2.05, 4.69) is 4.98 Å². The molecule has 192 valence electrons. The number of carbonyl (C=O) groups is 2. The maximum atomic E-state index is 13.3. The molecular weight excluding hydrogens is 510 g/mol. The number of amides is 1. The van der Waals surface area contributed by atoms with E-state index in [1.54, 1.807) is 13.2 Å². The molecule has 0 radical (unpaired) electrons. The van der Waals surface area contributed by atoms with Gasteiger partial charge in [-0.05, 0) is 60.5 Å². The number of benzene rings is 3. The van der Waals surface area contributed by atoms with Gasteiger partial charge in [-0.1, -0.05) is 23.7 Å². The molecule has 1 saturated heterocycles. The molecule has 1 fully saturated rings. The fourth-order valence-corrected chi connectivity index (χ4v) is 4.94. The molecule has 4 aromatic rings. The van der Waals surface area contributed by atoms with E-state index >= 15 is 0 Å². The predicted molar refractivity (Wildman–Crippen MR) is 142 cm³/mol. The summed E-state index contributed by atoms with van der Waals surface area (Å²) in [6, 6.07) is 16.4. The third kappa shape index (κ3) is 4.37. The third-order valence-electron chi connectivity index (χ3n) is 6.68. The molecular formula is C28H22ClN3O6. The van der Waals surface area contributed by atoms with Gasteiger partial charge in [-0.25, -0.2) is 0 Å². The van der Waals surface area contributed by atoms with Crippen molar-refractivity contribution in [2.24, 2.45) is 0 Å². The van der Waals surface area contributed by atoms with Gasteiger partial charge in [0.05, 0.1) is 29.2 Å². The van der Waals surface area contributed by atoms with E-state index in [0.29, 0.717) is 17.2 Å². The second kappa shape index (κ2) is 10.0. The van der Waals surface area contributed by atoms with Crippen LogP contribution in [0.1, 0.15) is 22.7 Å². The molecule has 2 N–H and O–H groups in total. The highest BCUT2D eigenvalue weighted by molar-refractivity contribution is 6.46. The second-order valence-corrected chi connectivity index (χ2v) is 9.23. The standard InChI is InChI=1S/C28H22ClN3O6/c1-38-19-10-11-22-21(14-19)17(15-30-22)12-13-31-25(20-4-2-3-5-23(20)32(36)37)24(27(34)28(31)35)26(33)16-6-8-18(29)9-7-16/h2-11,14-15,25,30,33H,12-13H2,1H3/t25-/m1/s1. The van der Waals surface area contributed by atoms with Crippen LogP contribution in [0.15, 0.2) is 78.5 Å². The largest absolute Gasteiger partial charge is 0.507 e. The molecule has 0 saturated carbocycles. The fourth-order valence-electron chi connectivity index (χ4n) is 4.81. The molecule has 0 aliphatic carbocycles. The first kappa shape index (κ1) is 25.0. The molecule has 9 nitrogen and oxygen atoms in total. The number of fused-ring (bicyclic) bond motifs is 1. The van der Waals surface area contributed by atoms with Crippen molar-refractivity contribution in [3.05, 3.63) is 110 Å². The second-order valence-electron chi connectivity index (χ2n) is 8.79. The number of nitro groups is 1. The number of rotatable bonds is 7. The number of hydrogen-bond acceptors (Lipinski definition) is 6. The molecule has 0 unspecified atom stereocenters. The van der Waals surface area contributed by atoms with Crippen LogP contribution in [0.4, 0.5) is 5.69 Å². The average molecular weight is 532 g/mol. The van der Waals surface area contributed by atoms with Crippen molar-refractivity contribution in [3.8, 4) is 5.75 Å². The Morgan fingerprint density at radius 1 is 1.13 bits per heavy atom. The normalized spacial score (nSPS) is 16.8. The minimum atomic E-state index is -1.16. The number of nitrogens with zero attached hydrogens (tertiary/aromatic N) is 2. The number of Topliss-reactive ketones (excluding diaryl/α,β-unsaturated/α-hetero) is 1. The molecule has 10 heteroatoms. The average Bonchev–Trinajstić information content (AvgIpc) is 3.44. The molecule has 0 bridgehead atoms. The zero-order chi connectivity index (χ0) is 27.0. The van der Waals surface area contributed by atoms with Crippen molar-refractivity contribution in [2.75, 3.05) is 13.7 Å². The van der Waals surface area contributed by atoms with Crippen LogP contribution in [0.25, 0.3) is 16.7 Å². The van der Waals surface area contributed by atoms with Crippen molar-refractivity contribution in [3.63, 3.8) is 0 Å². The number of aromatic amines is 1. The number of ether oxygens (including phenoxy) is 1. The number of carbonyl (C=O) groups excluding carboxylic acids is 2. The first-order chi connectivity index (χ1) is 18.3. The van der Waals surface area contributed by atoms with Crippen molar-refractivity contribution < 1.29 is 24.4 Å². The topological polar surface area (TPSA) is 126 Å². The minimum Gasteiger partial charge on any atom is -0.507 e. The van der Waals surface area contributed by atoms with Crippen LogP contribution in [0.5, 0.6) is 5.75 Å². The van der Waals surface area contributed by atoms with Crippen LogP contribution in [-0.4, -0.2) is 45.3 Å². The summed E-state index contributed by atoms with van der Waals surface area (Å²) in [6.45, 7) is 0.0723. The summed E-state index contributed by atoms with van der Waals surface area (Å²) in [4.78, 5) is 42.4. The van der Waals surface area contributed by atoms with Gasteiger partial charge in [0.1, 0.15) is 11.5 Å². The lowest BCUT2D eigenvalue weighted by Gasteiger charge is -2.25. The number of aliphatic hydroxyl groups is 1. The van der Waals surface area contributed by atoms with E-state index in [9.17, 15) is 24.8 Å². The van der Waals surface area contributed by atoms with E-state index < -0.39 is 28.4 Å². The van der Waals surface area contributed by atoms with Gasteiger partial charge in [0.25, 0.3) is 17.4 Å². The highest BCUT2D eigenvalue weighted by Crippen LogP contribution is 2.42. The first-order valence-electron chi connectivity index (χ1n) is 11.7. The van der Waals surface area contributed by atoms with Crippen LogP contribution < -0.4 is 4.74 Å². The number of hydrogen-bond donors (Lipinski definition) is 2. The van der Waals surface area contributed by atoms with Crippen LogP contribution in [0, 0.1) is 10.1 Å². The van der Waals surface area contributed by atoms with Gasteiger partial charge in [-0.15, -0.1) is 0 Å². The van der Waals surface area contributed by atoms with Crippen LogP contribution in [-0.2, 0) is 16.0 Å². The van der Waals surface area contributed by atoms with Crippen LogP contribution >= 0.6 is 11.6 Å². The van der Waals surface area contributed by atoms with Gasteiger partial charge in [-0.2, -0.15) is 0 Å². The summed E-state index contributed by atoms with van der Waals surface area (Å²) < 4.78 is 5.33. The maximum Gasteiger partial charge on any atom is 0.295 e. The molecule has 38 heavy (non-hydrogen) atoms. The van der Waals surface area contributed by atoms with Gasteiger partial charge in [-0.3, -0.25) is 19.7 Å². The lowest BCUT2D eigenvalue weighted by Crippen LogP contribution is -2.32. The lowest BCUT2D eigenvalue weighted by atomic mass is 9.94. The SMILES string of the molecule is COc1ccc2[nH]cc(CCN3C(=O)C(=O)C(=C(O)c4ccc(Cl)cc4)[C@H]3c3ccccc3[N+](=O)[O-])c2c1. The number of aliphatic hydroxyl groups excluding tert-OH is 1. The Labute approximate surface area is 222 Å². The zero-order valence-electron chi connectivity index (χ0n) is 20.2. The Morgan fingerprint density at radius 2 is 1.87 bits per heavy atom. The number of nitro benzene ring substituents is 1. The number of para-hydroxylation sites is 1. The number of ketones is 1. The zero-order valence-corrected chi connectivity index (χ0v) is 20.9. The maximum absolute atomic E-state index is 13.3. The van der Waals surface area contributed by atoms with Crippen molar-refractivity contribution in [1.29, 1.82) is 0 Å². The lowest BCUT2D eigenvalue weighted by molar-refractivity contribution is -0.385. The van der Waals surface area contributed by atoms with E-state index in [4.69, 9.17) is 16.3 Å².